The number of carbonyl (C=O) groups excluding carboxylic acids is 2. The maximum Gasteiger partial charge on any atom is 0.233 e. The van der Waals surface area contributed by atoms with E-state index in [9.17, 15) is 9.59 Å². The number of rotatable bonds is 8. The number of ether oxygens (including phenoxy) is 1. The molecule has 0 saturated heterocycles. The molecule has 5 nitrogen and oxygen atoms in total. The molecule has 0 unspecified atom stereocenters. The highest BCUT2D eigenvalue weighted by atomic mass is 16.5. The second-order valence-corrected chi connectivity index (χ2v) is 6.01. The van der Waals surface area contributed by atoms with E-state index < -0.39 is 0 Å². The number of benzene rings is 2. The zero-order valence-corrected chi connectivity index (χ0v) is 15.6. The first-order chi connectivity index (χ1) is 12.6. The number of hydrogen-bond donors (Lipinski definition) is 2. The molecule has 0 aliphatic carbocycles. The second kappa shape index (κ2) is 9.61. The van der Waals surface area contributed by atoms with Crippen molar-refractivity contribution >= 4 is 17.5 Å². The van der Waals surface area contributed by atoms with E-state index in [0.29, 0.717) is 6.54 Å². The number of anilines is 1. The topological polar surface area (TPSA) is 67.4 Å². The van der Waals surface area contributed by atoms with E-state index in [1.807, 2.05) is 56.3 Å². The van der Waals surface area contributed by atoms with Gasteiger partial charge in [-0.3, -0.25) is 9.59 Å². The van der Waals surface area contributed by atoms with E-state index in [4.69, 9.17) is 4.74 Å². The summed E-state index contributed by atoms with van der Waals surface area (Å²) >= 11 is 0. The number of para-hydroxylation sites is 1. The number of nitrogens with one attached hydrogen (secondary N) is 2. The molecule has 0 heterocycles. The molecular weight excluding hydrogens is 328 g/mol. The molecule has 2 aromatic rings. The minimum Gasteiger partial charge on any atom is -0.497 e. The van der Waals surface area contributed by atoms with Gasteiger partial charge in [0.15, 0.2) is 0 Å². The lowest BCUT2D eigenvalue weighted by Gasteiger charge is -2.14. The van der Waals surface area contributed by atoms with Gasteiger partial charge in [-0.05, 0) is 41.7 Å². The number of amides is 2. The quantitative estimate of drug-likeness (QED) is 0.714. The highest BCUT2D eigenvalue weighted by molar-refractivity contribution is 6.04. The molecule has 0 spiro atoms. The number of carbonyl (C=O) groups is 2. The predicted octanol–water partition coefficient (Wildman–Crippen LogP) is 3.47. The van der Waals surface area contributed by atoms with Crippen LogP contribution in [0.4, 0.5) is 5.69 Å². The maximum absolute atomic E-state index is 12.3. The van der Waals surface area contributed by atoms with Gasteiger partial charge in [0.1, 0.15) is 12.2 Å². The van der Waals surface area contributed by atoms with Gasteiger partial charge in [0.05, 0.1) is 7.11 Å². The first kappa shape index (κ1) is 19.5. The van der Waals surface area contributed by atoms with Crippen LogP contribution in [0.25, 0.3) is 0 Å². The Balaban J connectivity index is 1.90. The molecule has 0 radical (unpaired) electrons. The lowest BCUT2D eigenvalue weighted by atomic mass is 10.0. The van der Waals surface area contributed by atoms with E-state index in [2.05, 4.69) is 10.6 Å². The maximum atomic E-state index is 12.3. The number of hydrogen-bond acceptors (Lipinski definition) is 3. The molecule has 0 atom stereocenters. The molecule has 0 bridgehead atoms. The van der Waals surface area contributed by atoms with Crippen molar-refractivity contribution in [2.24, 2.45) is 0 Å². The Kier molecular flexibility index (Phi) is 7.21. The molecule has 0 fully saturated rings. The van der Waals surface area contributed by atoms with Crippen molar-refractivity contribution in [3.8, 4) is 5.75 Å². The minimum absolute atomic E-state index is 0.197. The van der Waals surface area contributed by atoms with E-state index in [-0.39, 0.29) is 18.2 Å². The van der Waals surface area contributed by atoms with Gasteiger partial charge in [0.2, 0.25) is 11.8 Å². The summed E-state index contributed by atoms with van der Waals surface area (Å²) in [4.78, 5) is 24.3. The van der Waals surface area contributed by atoms with E-state index in [1.165, 1.54) is 0 Å². The van der Waals surface area contributed by atoms with Gasteiger partial charge in [-0.2, -0.15) is 0 Å². The summed E-state index contributed by atoms with van der Waals surface area (Å²) in [5.41, 5.74) is 3.95. The summed E-state index contributed by atoms with van der Waals surface area (Å²) in [6.45, 7) is 4.47. The van der Waals surface area contributed by atoms with Gasteiger partial charge in [-0.25, -0.2) is 0 Å². The second-order valence-electron chi connectivity index (χ2n) is 6.01. The van der Waals surface area contributed by atoms with Crippen molar-refractivity contribution in [1.82, 2.24) is 5.32 Å². The van der Waals surface area contributed by atoms with Crippen molar-refractivity contribution in [2.45, 2.75) is 39.7 Å². The molecule has 0 aliphatic rings. The largest absolute Gasteiger partial charge is 0.497 e. The van der Waals surface area contributed by atoms with Gasteiger partial charge >= 0.3 is 0 Å². The predicted molar refractivity (Wildman–Crippen MR) is 103 cm³/mol. The molecule has 2 N–H and O–H groups in total. The average Bonchev–Trinajstić information content (AvgIpc) is 2.66. The Hall–Kier alpha value is -2.82. The van der Waals surface area contributed by atoms with Crippen molar-refractivity contribution in [1.29, 1.82) is 0 Å². The standard InChI is InChI=1S/C21H26N2O3/c1-4-16-7-6-8-17(5-2)21(16)23-20(25)13-19(24)22-14-15-9-11-18(26-3)12-10-15/h6-12H,4-5,13-14H2,1-3H3,(H,22,24)(H,23,25). The Bertz CT molecular complexity index is 732. The van der Waals surface area contributed by atoms with E-state index in [1.54, 1.807) is 7.11 Å². The van der Waals surface area contributed by atoms with E-state index >= 15 is 0 Å². The fourth-order valence-corrected chi connectivity index (χ4v) is 2.74. The monoisotopic (exact) mass is 354 g/mol. The van der Waals surface area contributed by atoms with Crippen molar-refractivity contribution < 1.29 is 14.3 Å². The smallest absolute Gasteiger partial charge is 0.233 e. The molecular formula is C21H26N2O3. The van der Waals surface area contributed by atoms with Gasteiger partial charge in [-0.15, -0.1) is 0 Å². The summed E-state index contributed by atoms with van der Waals surface area (Å²) in [6, 6.07) is 13.4. The van der Waals surface area contributed by atoms with Crippen LogP contribution in [0.2, 0.25) is 0 Å². The molecule has 138 valence electrons. The molecule has 2 rings (SSSR count). The Morgan fingerprint density at radius 3 is 2.08 bits per heavy atom. The number of aryl methyl sites for hydroxylation is 2. The van der Waals surface area contributed by atoms with Crippen LogP contribution in [0.1, 0.15) is 37.0 Å². The Labute approximate surface area is 154 Å². The van der Waals surface area contributed by atoms with Crippen molar-refractivity contribution in [2.75, 3.05) is 12.4 Å². The molecule has 0 saturated carbocycles. The molecule has 0 aromatic heterocycles. The number of methoxy groups -OCH3 is 1. The first-order valence-corrected chi connectivity index (χ1v) is 8.87. The Morgan fingerprint density at radius 2 is 1.54 bits per heavy atom. The summed E-state index contributed by atoms with van der Waals surface area (Å²) in [5.74, 6) is 0.166. The summed E-state index contributed by atoms with van der Waals surface area (Å²) in [7, 11) is 1.61. The zero-order valence-electron chi connectivity index (χ0n) is 15.6. The molecule has 0 aliphatic heterocycles. The van der Waals surface area contributed by atoms with E-state index in [0.717, 1.165) is 41.0 Å². The molecule has 26 heavy (non-hydrogen) atoms. The van der Waals surface area contributed by atoms with Crippen LogP contribution in [-0.2, 0) is 29.0 Å². The molecule has 5 heteroatoms. The molecule has 2 amide bonds. The molecule has 2 aromatic carbocycles. The highest BCUT2D eigenvalue weighted by Crippen LogP contribution is 2.22. The lowest BCUT2D eigenvalue weighted by Crippen LogP contribution is -2.28. The van der Waals surface area contributed by atoms with Gasteiger partial charge < -0.3 is 15.4 Å². The van der Waals surface area contributed by atoms with Crippen molar-refractivity contribution in [3.63, 3.8) is 0 Å². The van der Waals surface area contributed by atoms with Gasteiger partial charge in [0.25, 0.3) is 0 Å². The minimum atomic E-state index is -0.301. The van der Waals surface area contributed by atoms with Crippen LogP contribution in [0.3, 0.4) is 0 Å². The third-order valence-electron chi connectivity index (χ3n) is 4.23. The van der Waals surface area contributed by atoms with Crippen molar-refractivity contribution in [3.05, 3.63) is 59.2 Å². The van der Waals surface area contributed by atoms with Crippen LogP contribution in [-0.4, -0.2) is 18.9 Å². The summed E-state index contributed by atoms with van der Waals surface area (Å²) in [6.07, 6.45) is 1.46. The van der Waals surface area contributed by atoms with Crippen LogP contribution in [0.5, 0.6) is 5.75 Å². The SMILES string of the molecule is CCc1cccc(CC)c1NC(=O)CC(=O)NCc1ccc(OC)cc1. The third kappa shape index (κ3) is 5.34. The normalized spacial score (nSPS) is 10.3. The zero-order chi connectivity index (χ0) is 18.9. The fraction of sp³-hybridized carbons (Fsp3) is 0.333. The first-order valence-electron chi connectivity index (χ1n) is 8.87. The van der Waals surface area contributed by atoms with Crippen LogP contribution < -0.4 is 15.4 Å². The van der Waals surface area contributed by atoms with Crippen LogP contribution in [0, 0.1) is 0 Å². The Morgan fingerprint density at radius 1 is 0.923 bits per heavy atom. The highest BCUT2D eigenvalue weighted by Gasteiger charge is 2.13. The third-order valence-corrected chi connectivity index (χ3v) is 4.23. The van der Waals surface area contributed by atoms with Gasteiger partial charge in [0, 0.05) is 12.2 Å². The van der Waals surface area contributed by atoms with Gasteiger partial charge in [-0.1, -0.05) is 44.2 Å². The van der Waals surface area contributed by atoms with Crippen LogP contribution >= 0.6 is 0 Å². The lowest BCUT2D eigenvalue weighted by molar-refractivity contribution is -0.126. The summed E-state index contributed by atoms with van der Waals surface area (Å²) in [5, 5.41) is 5.68. The average molecular weight is 354 g/mol. The fourth-order valence-electron chi connectivity index (χ4n) is 2.74. The van der Waals surface area contributed by atoms with Crippen LogP contribution in [0.15, 0.2) is 42.5 Å². The summed E-state index contributed by atoms with van der Waals surface area (Å²) < 4.78 is 5.10.